The van der Waals surface area contributed by atoms with Crippen LogP contribution in [0.3, 0.4) is 0 Å². The van der Waals surface area contributed by atoms with Crippen LogP contribution in [0.15, 0.2) is 11.4 Å². The first-order valence-corrected chi connectivity index (χ1v) is 8.37. The standard InChI is InChI=1S/C15H22N4OS/c1-16-14-10-7-8-21-15(10)18-13(17-14)9-19(2)11-5-3-4-6-12(11)20/h7-8,11-12,20H,3-6,9H2,1-2H3,(H,16,17,18). The van der Waals surface area contributed by atoms with E-state index in [1.807, 2.05) is 18.5 Å². The second-order valence-electron chi connectivity index (χ2n) is 5.71. The van der Waals surface area contributed by atoms with Gasteiger partial charge in [0, 0.05) is 13.1 Å². The smallest absolute Gasteiger partial charge is 0.146 e. The van der Waals surface area contributed by atoms with Gasteiger partial charge in [-0.1, -0.05) is 12.8 Å². The van der Waals surface area contributed by atoms with E-state index in [0.717, 1.165) is 41.1 Å². The van der Waals surface area contributed by atoms with Gasteiger partial charge in [-0.15, -0.1) is 11.3 Å². The van der Waals surface area contributed by atoms with E-state index in [0.29, 0.717) is 6.54 Å². The van der Waals surface area contributed by atoms with Gasteiger partial charge in [0.05, 0.1) is 18.0 Å². The number of anilines is 1. The van der Waals surface area contributed by atoms with Crippen LogP contribution in [0.4, 0.5) is 5.82 Å². The molecule has 1 aliphatic carbocycles. The van der Waals surface area contributed by atoms with Crippen LogP contribution in [0, 0.1) is 0 Å². The minimum Gasteiger partial charge on any atom is -0.391 e. The molecule has 2 atom stereocenters. The average Bonchev–Trinajstić information content (AvgIpc) is 2.95. The Bertz CT molecular complexity index is 615. The third kappa shape index (κ3) is 3.02. The lowest BCUT2D eigenvalue weighted by Crippen LogP contribution is -2.43. The number of nitrogens with one attached hydrogen (secondary N) is 1. The summed E-state index contributed by atoms with van der Waals surface area (Å²) in [5, 5.41) is 16.4. The van der Waals surface area contributed by atoms with Crippen LogP contribution in [0.2, 0.25) is 0 Å². The maximum Gasteiger partial charge on any atom is 0.146 e. The molecule has 1 aliphatic rings. The fourth-order valence-electron chi connectivity index (χ4n) is 3.11. The maximum absolute atomic E-state index is 10.2. The molecule has 3 rings (SSSR count). The van der Waals surface area contributed by atoms with Crippen LogP contribution >= 0.6 is 11.3 Å². The van der Waals surface area contributed by atoms with Crippen LogP contribution in [0.5, 0.6) is 0 Å². The van der Waals surface area contributed by atoms with E-state index in [-0.39, 0.29) is 12.1 Å². The van der Waals surface area contributed by atoms with Crippen molar-refractivity contribution in [2.45, 2.75) is 44.4 Å². The third-order valence-corrected chi connectivity index (χ3v) is 5.07. The first kappa shape index (κ1) is 14.7. The summed E-state index contributed by atoms with van der Waals surface area (Å²) in [5.41, 5.74) is 0. The summed E-state index contributed by atoms with van der Waals surface area (Å²) in [6.45, 7) is 0.671. The first-order chi connectivity index (χ1) is 10.2. The first-order valence-electron chi connectivity index (χ1n) is 7.49. The molecule has 114 valence electrons. The topological polar surface area (TPSA) is 61.3 Å². The molecule has 2 unspecified atom stereocenters. The van der Waals surface area contributed by atoms with Crippen molar-refractivity contribution < 1.29 is 5.11 Å². The zero-order valence-electron chi connectivity index (χ0n) is 12.5. The molecule has 0 saturated heterocycles. The van der Waals surface area contributed by atoms with Gasteiger partial charge in [0.25, 0.3) is 0 Å². The van der Waals surface area contributed by atoms with Gasteiger partial charge in [-0.3, -0.25) is 4.90 Å². The van der Waals surface area contributed by atoms with Crippen LogP contribution in [-0.2, 0) is 6.54 Å². The van der Waals surface area contributed by atoms with Crippen molar-refractivity contribution in [1.82, 2.24) is 14.9 Å². The maximum atomic E-state index is 10.2. The number of aliphatic hydroxyl groups excluding tert-OH is 1. The fourth-order valence-corrected chi connectivity index (χ4v) is 3.89. The zero-order valence-corrected chi connectivity index (χ0v) is 13.4. The number of fused-ring (bicyclic) bond motifs is 1. The number of hydrogen-bond donors (Lipinski definition) is 2. The molecule has 0 amide bonds. The molecule has 0 aliphatic heterocycles. The van der Waals surface area contributed by atoms with Gasteiger partial charge in [-0.25, -0.2) is 9.97 Å². The summed E-state index contributed by atoms with van der Waals surface area (Å²) >= 11 is 1.64. The quantitative estimate of drug-likeness (QED) is 0.908. The molecule has 21 heavy (non-hydrogen) atoms. The number of aliphatic hydroxyl groups is 1. The second-order valence-corrected chi connectivity index (χ2v) is 6.61. The van der Waals surface area contributed by atoms with E-state index in [4.69, 9.17) is 0 Å². The Balaban J connectivity index is 1.80. The number of likely N-dealkylation sites (N-methyl/N-ethyl adjacent to an activating group) is 1. The van der Waals surface area contributed by atoms with Crippen molar-refractivity contribution in [2.75, 3.05) is 19.4 Å². The molecule has 1 saturated carbocycles. The van der Waals surface area contributed by atoms with Gasteiger partial charge in [0.1, 0.15) is 16.5 Å². The number of hydrogen-bond acceptors (Lipinski definition) is 6. The molecular weight excluding hydrogens is 284 g/mol. The summed E-state index contributed by atoms with van der Waals surface area (Å²) < 4.78 is 0. The van der Waals surface area contributed by atoms with Gasteiger partial charge >= 0.3 is 0 Å². The Kier molecular flexibility index (Phi) is 4.37. The fraction of sp³-hybridized carbons (Fsp3) is 0.600. The lowest BCUT2D eigenvalue weighted by Gasteiger charge is -2.34. The molecule has 2 N–H and O–H groups in total. The molecule has 1 fully saturated rings. The minimum absolute atomic E-state index is 0.222. The molecule has 2 aromatic rings. The number of thiophene rings is 1. The normalized spacial score (nSPS) is 22.9. The Morgan fingerprint density at radius 2 is 2.19 bits per heavy atom. The Labute approximate surface area is 129 Å². The summed E-state index contributed by atoms with van der Waals surface area (Å²) in [6, 6.07) is 2.27. The highest BCUT2D eigenvalue weighted by Gasteiger charge is 2.27. The molecule has 0 bridgehead atoms. The summed E-state index contributed by atoms with van der Waals surface area (Å²) in [6.07, 6.45) is 4.06. The highest BCUT2D eigenvalue weighted by molar-refractivity contribution is 7.16. The molecule has 6 heteroatoms. The molecule has 0 radical (unpaired) electrons. The molecule has 0 spiro atoms. The Hall–Kier alpha value is -1.24. The predicted molar refractivity (Wildman–Crippen MR) is 86.7 cm³/mol. The predicted octanol–water partition coefficient (Wildman–Crippen LogP) is 2.47. The Morgan fingerprint density at radius 3 is 2.95 bits per heavy atom. The number of rotatable bonds is 4. The van der Waals surface area contributed by atoms with E-state index < -0.39 is 0 Å². The summed E-state index contributed by atoms with van der Waals surface area (Å²) in [7, 11) is 3.94. The molecule has 2 aromatic heterocycles. The zero-order chi connectivity index (χ0) is 14.8. The highest BCUT2D eigenvalue weighted by atomic mass is 32.1. The lowest BCUT2D eigenvalue weighted by atomic mass is 9.91. The van der Waals surface area contributed by atoms with Crippen molar-refractivity contribution >= 4 is 27.4 Å². The van der Waals surface area contributed by atoms with E-state index >= 15 is 0 Å². The van der Waals surface area contributed by atoms with Crippen molar-refractivity contribution in [1.29, 1.82) is 0 Å². The van der Waals surface area contributed by atoms with E-state index in [2.05, 4.69) is 27.2 Å². The molecular formula is C15H22N4OS. The van der Waals surface area contributed by atoms with Gasteiger partial charge in [-0.2, -0.15) is 0 Å². The van der Waals surface area contributed by atoms with Crippen molar-refractivity contribution in [2.24, 2.45) is 0 Å². The molecule has 5 nitrogen and oxygen atoms in total. The third-order valence-electron chi connectivity index (χ3n) is 4.26. The molecule has 0 aromatic carbocycles. The van der Waals surface area contributed by atoms with Gasteiger partial charge in [-0.05, 0) is 31.3 Å². The van der Waals surface area contributed by atoms with Gasteiger partial charge < -0.3 is 10.4 Å². The van der Waals surface area contributed by atoms with Crippen LogP contribution in [-0.4, -0.2) is 46.2 Å². The number of aromatic nitrogens is 2. The monoisotopic (exact) mass is 306 g/mol. The summed E-state index contributed by atoms with van der Waals surface area (Å²) in [5.74, 6) is 1.70. The van der Waals surface area contributed by atoms with Gasteiger partial charge in [0.2, 0.25) is 0 Å². The van der Waals surface area contributed by atoms with Crippen LogP contribution in [0.1, 0.15) is 31.5 Å². The summed E-state index contributed by atoms with van der Waals surface area (Å²) in [4.78, 5) is 12.5. The van der Waals surface area contributed by atoms with E-state index in [1.54, 1.807) is 11.3 Å². The SMILES string of the molecule is CNc1nc(CN(C)C2CCCCC2O)nc2sccc12. The van der Waals surface area contributed by atoms with Gasteiger partial charge in [0.15, 0.2) is 0 Å². The van der Waals surface area contributed by atoms with Crippen LogP contribution in [0.25, 0.3) is 10.2 Å². The van der Waals surface area contributed by atoms with Crippen molar-refractivity contribution in [3.63, 3.8) is 0 Å². The highest BCUT2D eigenvalue weighted by Crippen LogP contribution is 2.26. The average molecular weight is 306 g/mol. The second kappa shape index (κ2) is 6.25. The van der Waals surface area contributed by atoms with E-state index in [9.17, 15) is 5.11 Å². The van der Waals surface area contributed by atoms with E-state index in [1.165, 1.54) is 6.42 Å². The largest absolute Gasteiger partial charge is 0.391 e. The Morgan fingerprint density at radius 1 is 1.38 bits per heavy atom. The lowest BCUT2D eigenvalue weighted by molar-refractivity contribution is 0.0279. The number of nitrogens with zero attached hydrogens (tertiary/aromatic N) is 3. The van der Waals surface area contributed by atoms with Crippen molar-refractivity contribution in [3.05, 3.63) is 17.3 Å². The minimum atomic E-state index is -0.224. The van der Waals surface area contributed by atoms with Crippen LogP contribution < -0.4 is 5.32 Å². The molecule has 2 heterocycles. The van der Waals surface area contributed by atoms with Crippen molar-refractivity contribution in [3.8, 4) is 0 Å².